The highest BCUT2D eigenvalue weighted by atomic mass is 19.4. The van der Waals surface area contributed by atoms with E-state index < -0.39 is 23.2 Å². The molecule has 0 saturated heterocycles. The summed E-state index contributed by atoms with van der Waals surface area (Å²) in [5.74, 6) is -1.33. The second-order valence-corrected chi connectivity index (χ2v) is 5.21. The lowest BCUT2D eigenvalue weighted by atomic mass is 9.87. The van der Waals surface area contributed by atoms with Gasteiger partial charge in [0.25, 0.3) is 0 Å². The average molecular weight is 296 g/mol. The Morgan fingerprint density at radius 1 is 1.05 bits per heavy atom. The fraction of sp³-hybridized carbons (Fsp3) is 0.250. The minimum absolute atomic E-state index is 0.0705. The summed E-state index contributed by atoms with van der Waals surface area (Å²) >= 11 is 0. The molecule has 0 saturated carbocycles. The molecule has 0 amide bonds. The molecule has 1 nitrogen and oxygen atoms in total. The summed E-state index contributed by atoms with van der Waals surface area (Å²) in [4.78, 5) is 0. The van der Waals surface area contributed by atoms with E-state index in [0.717, 1.165) is 11.6 Å². The first-order chi connectivity index (χ1) is 9.82. The molecule has 0 aliphatic heterocycles. The van der Waals surface area contributed by atoms with Gasteiger partial charge in [-0.25, -0.2) is 4.39 Å². The van der Waals surface area contributed by atoms with E-state index in [0.29, 0.717) is 18.1 Å². The van der Waals surface area contributed by atoms with E-state index in [4.69, 9.17) is 0 Å². The number of hydrogen-bond acceptors (Lipinski definition) is 1. The maximum Gasteiger partial charge on any atom is 0.419 e. The molecule has 1 unspecified atom stereocenters. The molecule has 0 aromatic heterocycles. The average Bonchev–Trinajstić information content (AvgIpc) is 2.77. The normalized spacial score (nSPS) is 21.4. The van der Waals surface area contributed by atoms with Gasteiger partial charge >= 0.3 is 6.18 Å². The Hall–Kier alpha value is -1.88. The molecule has 5 heteroatoms. The highest BCUT2D eigenvalue weighted by molar-refractivity contribution is 5.46. The molecule has 3 rings (SSSR count). The summed E-state index contributed by atoms with van der Waals surface area (Å²) < 4.78 is 51.8. The predicted molar refractivity (Wildman–Crippen MR) is 69.2 cm³/mol. The summed E-state index contributed by atoms with van der Waals surface area (Å²) in [5.41, 5.74) is -1.29. The first-order valence-corrected chi connectivity index (χ1v) is 6.50. The molecule has 0 bridgehead atoms. The quantitative estimate of drug-likeness (QED) is 0.788. The zero-order valence-corrected chi connectivity index (χ0v) is 10.9. The molecule has 0 heterocycles. The second-order valence-electron chi connectivity index (χ2n) is 5.21. The molecule has 0 fully saturated rings. The Balaban J connectivity index is 2.14. The van der Waals surface area contributed by atoms with E-state index in [-0.39, 0.29) is 12.0 Å². The van der Waals surface area contributed by atoms with Crippen molar-refractivity contribution in [2.75, 3.05) is 0 Å². The summed E-state index contributed by atoms with van der Waals surface area (Å²) in [6.07, 6.45) is -3.92. The predicted octanol–water partition coefficient (Wildman–Crippen LogP) is 4.03. The van der Waals surface area contributed by atoms with E-state index in [1.165, 1.54) is 6.07 Å². The third-order valence-electron chi connectivity index (χ3n) is 3.97. The molecule has 21 heavy (non-hydrogen) atoms. The Kier molecular flexibility index (Phi) is 3.06. The van der Waals surface area contributed by atoms with Gasteiger partial charge in [0.05, 0.1) is 5.56 Å². The van der Waals surface area contributed by atoms with Crippen molar-refractivity contribution in [1.82, 2.24) is 0 Å². The van der Waals surface area contributed by atoms with Crippen LogP contribution in [0.25, 0.3) is 0 Å². The number of aryl methyl sites for hydroxylation is 1. The molecular weight excluding hydrogens is 284 g/mol. The van der Waals surface area contributed by atoms with Crippen LogP contribution in [0.5, 0.6) is 0 Å². The van der Waals surface area contributed by atoms with Gasteiger partial charge in [-0.3, -0.25) is 0 Å². The first-order valence-electron chi connectivity index (χ1n) is 6.50. The smallest absolute Gasteiger partial charge is 0.380 e. The van der Waals surface area contributed by atoms with Crippen LogP contribution in [0.4, 0.5) is 17.6 Å². The van der Waals surface area contributed by atoms with Crippen LogP contribution < -0.4 is 0 Å². The molecule has 2 aromatic carbocycles. The van der Waals surface area contributed by atoms with Gasteiger partial charge in [0.2, 0.25) is 0 Å². The molecule has 1 atom stereocenters. The maximum absolute atomic E-state index is 13.4. The lowest BCUT2D eigenvalue weighted by Crippen LogP contribution is -2.25. The van der Waals surface area contributed by atoms with Crippen LogP contribution in [0.2, 0.25) is 0 Å². The summed E-state index contributed by atoms with van der Waals surface area (Å²) in [6.45, 7) is 0. The van der Waals surface area contributed by atoms with E-state index in [9.17, 15) is 22.7 Å². The van der Waals surface area contributed by atoms with E-state index >= 15 is 0 Å². The Morgan fingerprint density at radius 2 is 1.76 bits per heavy atom. The number of rotatable bonds is 1. The third kappa shape index (κ3) is 2.21. The van der Waals surface area contributed by atoms with Crippen molar-refractivity contribution in [2.45, 2.75) is 24.6 Å². The molecule has 0 spiro atoms. The molecular formula is C16H12F4O. The van der Waals surface area contributed by atoms with Gasteiger partial charge in [-0.15, -0.1) is 0 Å². The zero-order chi connectivity index (χ0) is 15.3. The molecule has 1 aliphatic carbocycles. The van der Waals surface area contributed by atoms with Crippen LogP contribution in [-0.4, -0.2) is 5.11 Å². The molecule has 0 radical (unpaired) electrons. The Labute approximate surface area is 118 Å². The first kappa shape index (κ1) is 14.1. The number of benzene rings is 2. The second kappa shape index (κ2) is 4.56. The summed E-state index contributed by atoms with van der Waals surface area (Å²) in [6, 6.07) is 9.75. The van der Waals surface area contributed by atoms with Gasteiger partial charge in [0.15, 0.2) is 0 Å². The highest BCUT2D eigenvalue weighted by Gasteiger charge is 2.41. The summed E-state index contributed by atoms with van der Waals surface area (Å²) in [5, 5.41) is 10.8. The largest absolute Gasteiger partial charge is 0.419 e. The van der Waals surface area contributed by atoms with Crippen molar-refractivity contribution in [3.8, 4) is 0 Å². The highest BCUT2D eigenvalue weighted by Crippen LogP contribution is 2.43. The van der Waals surface area contributed by atoms with Crippen LogP contribution in [0.1, 0.15) is 28.7 Å². The maximum atomic E-state index is 13.4. The van der Waals surface area contributed by atoms with Crippen molar-refractivity contribution in [3.63, 3.8) is 0 Å². The van der Waals surface area contributed by atoms with Crippen LogP contribution in [-0.2, 0) is 18.2 Å². The van der Waals surface area contributed by atoms with Crippen molar-refractivity contribution in [1.29, 1.82) is 0 Å². The van der Waals surface area contributed by atoms with Crippen LogP contribution in [0.15, 0.2) is 42.5 Å². The van der Waals surface area contributed by atoms with E-state index in [1.54, 1.807) is 12.1 Å². The number of hydrogen-bond donors (Lipinski definition) is 1. The topological polar surface area (TPSA) is 20.2 Å². The number of alkyl halides is 3. The van der Waals surface area contributed by atoms with Crippen LogP contribution in [0.3, 0.4) is 0 Å². The Bertz CT molecular complexity index is 693. The van der Waals surface area contributed by atoms with Gasteiger partial charge in [-0.1, -0.05) is 30.3 Å². The van der Waals surface area contributed by atoms with Crippen LogP contribution >= 0.6 is 0 Å². The molecule has 110 valence electrons. The number of halogens is 4. The summed E-state index contributed by atoms with van der Waals surface area (Å²) in [7, 11) is 0. The Morgan fingerprint density at radius 3 is 2.48 bits per heavy atom. The van der Waals surface area contributed by atoms with Crippen LogP contribution in [0, 0.1) is 5.82 Å². The van der Waals surface area contributed by atoms with E-state index in [1.807, 2.05) is 12.1 Å². The van der Waals surface area contributed by atoms with Gasteiger partial charge in [0.1, 0.15) is 11.4 Å². The standard InChI is InChI=1S/C16H12F4O/c17-14-6-5-11(9-13(14)16(18,19)20)15(21)8-7-10-3-1-2-4-12(10)15/h1-6,9,21H,7-8H2. The third-order valence-corrected chi connectivity index (χ3v) is 3.97. The lowest BCUT2D eigenvalue weighted by molar-refractivity contribution is -0.140. The van der Waals surface area contributed by atoms with Gasteiger partial charge in [-0.05, 0) is 41.7 Å². The fourth-order valence-electron chi connectivity index (χ4n) is 2.89. The van der Waals surface area contributed by atoms with Crippen molar-refractivity contribution >= 4 is 0 Å². The van der Waals surface area contributed by atoms with Gasteiger partial charge < -0.3 is 5.11 Å². The van der Waals surface area contributed by atoms with Gasteiger partial charge in [0, 0.05) is 0 Å². The minimum Gasteiger partial charge on any atom is -0.380 e. The molecule has 2 aromatic rings. The molecule has 1 N–H and O–H groups in total. The van der Waals surface area contributed by atoms with Crippen molar-refractivity contribution in [3.05, 3.63) is 70.5 Å². The monoisotopic (exact) mass is 296 g/mol. The zero-order valence-electron chi connectivity index (χ0n) is 10.9. The van der Waals surface area contributed by atoms with E-state index in [2.05, 4.69) is 0 Å². The van der Waals surface area contributed by atoms with Crippen molar-refractivity contribution in [2.24, 2.45) is 0 Å². The number of fused-ring (bicyclic) bond motifs is 1. The van der Waals surface area contributed by atoms with Crippen molar-refractivity contribution < 1.29 is 22.7 Å². The SMILES string of the molecule is OC1(c2ccc(F)c(C(F)(F)F)c2)CCc2ccccc21. The fourth-order valence-corrected chi connectivity index (χ4v) is 2.89. The minimum atomic E-state index is -4.78. The lowest BCUT2D eigenvalue weighted by Gasteiger charge is -2.25. The van der Waals surface area contributed by atoms with Gasteiger partial charge in [-0.2, -0.15) is 13.2 Å². The molecule has 1 aliphatic rings. The number of aliphatic hydroxyl groups is 1.